The van der Waals surface area contributed by atoms with E-state index >= 15 is 0 Å². The lowest BCUT2D eigenvalue weighted by atomic mass is 10.3. The van der Waals surface area contributed by atoms with Gasteiger partial charge in [-0.25, -0.2) is 9.78 Å². The molecule has 2 amide bonds. The number of thiophene rings is 1. The third kappa shape index (κ3) is 4.66. The number of nitrogens with one attached hydrogen (secondary N) is 2. The predicted molar refractivity (Wildman–Crippen MR) is 128 cm³/mol. The van der Waals surface area contributed by atoms with Gasteiger partial charge in [0.25, 0.3) is 0 Å². The van der Waals surface area contributed by atoms with E-state index in [9.17, 15) is 14.4 Å². The largest absolute Gasteiger partial charge is 0.351 e. The summed E-state index contributed by atoms with van der Waals surface area (Å²) in [5, 5.41) is 7.94. The van der Waals surface area contributed by atoms with Gasteiger partial charge in [-0.1, -0.05) is 19.1 Å². The lowest BCUT2D eigenvalue weighted by Crippen LogP contribution is -2.29. The fourth-order valence-corrected chi connectivity index (χ4v) is 5.14. The molecule has 0 aliphatic rings. The zero-order valence-electron chi connectivity index (χ0n) is 17.8. The van der Waals surface area contributed by atoms with Crippen molar-refractivity contribution in [3.05, 3.63) is 57.1 Å². The van der Waals surface area contributed by atoms with Crippen molar-refractivity contribution in [2.45, 2.75) is 39.9 Å². The summed E-state index contributed by atoms with van der Waals surface area (Å²) in [5.41, 5.74) is 2.15. The highest BCUT2D eigenvalue weighted by atomic mass is 32.1. The SMILES string of the molecule is CCCn1c(=O)n(CC(=O)Nc2nc(-c3ccc(CNC(C)=O)s3)cs2)c2ccccc21. The van der Waals surface area contributed by atoms with Gasteiger partial charge in [0.15, 0.2) is 5.13 Å². The van der Waals surface area contributed by atoms with Gasteiger partial charge < -0.3 is 10.6 Å². The minimum absolute atomic E-state index is 0.0736. The number of nitrogens with zero attached hydrogens (tertiary/aromatic N) is 3. The Bertz CT molecular complexity index is 1330. The molecule has 0 unspecified atom stereocenters. The lowest BCUT2D eigenvalue weighted by Gasteiger charge is -2.03. The molecule has 0 saturated heterocycles. The number of amides is 2. The Morgan fingerprint density at radius 2 is 1.84 bits per heavy atom. The molecule has 32 heavy (non-hydrogen) atoms. The molecule has 0 saturated carbocycles. The normalized spacial score (nSPS) is 11.1. The van der Waals surface area contributed by atoms with Crippen molar-refractivity contribution in [3.8, 4) is 10.6 Å². The molecule has 0 bridgehead atoms. The minimum Gasteiger partial charge on any atom is -0.351 e. The highest BCUT2D eigenvalue weighted by Gasteiger charge is 2.16. The van der Waals surface area contributed by atoms with Crippen LogP contribution >= 0.6 is 22.7 Å². The van der Waals surface area contributed by atoms with E-state index < -0.39 is 0 Å². The van der Waals surface area contributed by atoms with Gasteiger partial charge in [0.1, 0.15) is 6.54 Å². The van der Waals surface area contributed by atoms with E-state index in [1.807, 2.05) is 48.7 Å². The van der Waals surface area contributed by atoms with Crippen molar-refractivity contribution >= 4 is 50.7 Å². The average Bonchev–Trinajstić information content (AvgIpc) is 3.48. The predicted octanol–water partition coefficient (Wildman–Crippen LogP) is 3.67. The van der Waals surface area contributed by atoms with Crippen molar-refractivity contribution in [3.63, 3.8) is 0 Å². The summed E-state index contributed by atoms with van der Waals surface area (Å²) < 4.78 is 3.21. The number of rotatable bonds is 8. The Morgan fingerprint density at radius 1 is 1.09 bits per heavy atom. The van der Waals surface area contributed by atoms with Crippen LogP contribution in [-0.4, -0.2) is 25.9 Å². The van der Waals surface area contributed by atoms with Gasteiger partial charge in [0.05, 0.1) is 28.1 Å². The molecule has 4 rings (SSSR count). The Balaban J connectivity index is 1.47. The number of thiazole rings is 1. The second kappa shape index (κ2) is 9.49. The van der Waals surface area contributed by atoms with Crippen LogP contribution in [-0.2, 0) is 29.2 Å². The molecule has 0 fully saturated rings. The zero-order valence-corrected chi connectivity index (χ0v) is 19.4. The third-order valence-electron chi connectivity index (χ3n) is 4.85. The summed E-state index contributed by atoms with van der Waals surface area (Å²) in [4.78, 5) is 43.1. The molecule has 0 aliphatic carbocycles. The molecular formula is C22H23N5O3S2. The number of imidazole rings is 1. The molecule has 166 valence electrons. The molecule has 0 spiro atoms. The number of para-hydroxylation sites is 2. The van der Waals surface area contributed by atoms with E-state index in [1.54, 1.807) is 15.9 Å². The Labute approximate surface area is 192 Å². The van der Waals surface area contributed by atoms with Crippen LogP contribution < -0.4 is 16.3 Å². The standard InChI is InChI=1S/C22H23N5O3S2/c1-3-10-26-17-6-4-5-7-18(17)27(22(26)30)12-20(29)25-21-24-16(13-31-21)19-9-8-15(32-19)11-23-14(2)28/h4-9,13H,3,10-12H2,1-2H3,(H,23,28)(H,24,25,29). The number of benzene rings is 1. The topological polar surface area (TPSA) is 98.0 Å². The van der Waals surface area contributed by atoms with Crippen molar-refractivity contribution < 1.29 is 9.59 Å². The van der Waals surface area contributed by atoms with E-state index in [0.717, 1.165) is 32.9 Å². The van der Waals surface area contributed by atoms with E-state index in [-0.39, 0.29) is 24.0 Å². The fourth-order valence-electron chi connectivity index (χ4n) is 3.43. The van der Waals surface area contributed by atoms with Crippen molar-refractivity contribution in [1.29, 1.82) is 0 Å². The highest BCUT2D eigenvalue weighted by Crippen LogP contribution is 2.30. The van der Waals surface area contributed by atoms with Crippen molar-refractivity contribution in [1.82, 2.24) is 19.4 Å². The van der Waals surface area contributed by atoms with Crippen LogP contribution in [0.1, 0.15) is 25.1 Å². The van der Waals surface area contributed by atoms with Crippen LogP contribution in [0.15, 0.2) is 46.6 Å². The minimum atomic E-state index is -0.301. The summed E-state index contributed by atoms with van der Waals surface area (Å²) in [6, 6.07) is 11.4. The summed E-state index contributed by atoms with van der Waals surface area (Å²) in [5.74, 6) is -0.375. The number of aryl methyl sites for hydroxylation is 1. The second-order valence-corrected chi connectivity index (χ2v) is 9.30. The summed E-state index contributed by atoms with van der Waals surface area (Å²) >= 11 is 2.88. The molecule has 2 N–H and O–H groups in total. The molecule has 8 nitrogen and oxygen atoms in total. The third-order valence-corrected chi connectivity index (χ3v) is 6.72. The van der Waals surface area contributed by atoms with E-state index in [0.29, 0.717) is 18.2 Å². The van der Waals surface area contributed by atoms with E-state index in [4.69, 9.17) is 0 Å². The molecule has 1 aromatic carbocycles. The number of fused-ring (bicyclic) bond motifs is 1. The van der Waals surface area contributed by atoms with Crippen LogP contribution in [0, 0.1) is 0 Å². The van der Waals surface area contributed by atoms with Gasteiger partial charge in [-0.3, -0.25) is 18.7 Å². The number of carbonyl (C=O) groups excluding carboxylic acids is 2. The number of anilines is 1. The van der Waals surface area contributed by atoms with Gasteiger partial charge in [-0.05, 0) is 30.7 Å². The number of carbonyl (C=O) groups is 2. The molecule has 4 aromatic rings. The molecular weight excluding hydrogens is 446 g/mol. The average molecular weight is 470 g/mol. The van der Waals surface area contributed by atoms with Crippen molar-refractivity contribution in [2.24, 2.45) is 0 Å². The highest BCUT2D eigenvalue weighted by molar-refractivity contribution is 7.17. The smallest absolute Gasteiger partial charge is 0.329 e. The Hall–Kier alpha value is -3.24. The molecule has 3 aromatic heterocycles. The van der Waals surface area contributed by atoms with Gasteiger partial charge in [-0.2, -0.15) is 0 Å². The maximum Gasteiger partial charge on any atom is 0.329 e. The number of hydrogen-bond donors (Lipinski definition) is 2. The van der Waals surface area contributed by atoms with Gasteiger partial charge >= 0.3 is 5.69 Å². The number of hydrogen-bond acceptors (Lipinski definition) is 6. The lowest BCUT2D eigenvalue weighted by molar-refractivity contribution is -0.119. The monoisotopic (exact) mass is 469 g/mol. The van der Waals surface area contributed by atoms with E-state index in [1.165, 1.54) is 22.8 Å². The molecule has 0 aliphatic heterocycles. The zero-order chi connectivity index (χ0) is 22.7. The Morgan fingerprint density at radius 3 is 2.56 bits per heavy atom. The van der Waals surface area contributed by atoms with Crippen LogP contribution in [0.3, 0.4) is 0 Å². The molecule has 3 heterocycles. The quantitative estimate of drug-likeness (QED) is 0.411. The first-order valence-corrected chi connectivity index (χ1v) is 11.9. The first-order chi connectivity index (χ1) is 15.5. The fraction of sp³-hybridized carbons (Fsp3) is 0.273. The maximum atomic E-state index is 12.9. The van der Waals surface area contributed by atoms with Crippen LogP contribution in [0.4, 0.5) is 5.13 Å². The van der Waals surface area contributed by atoms with Crippen LogP contribution in [0.5, 0.6) is 0 Å². The van der Waals surface area contributed by atoms with Gasteiger partial charge in [-0.15, -0.1) is 22.7 Å². The van der Waals surface area contributed by atoms with Gasteiger partial charge in [0.2, 0.25) is 11.8 Å². The summed E-state index contributed by atoms with van der Waals surface area (Å²) in [7, 11) is 0. The van der Waals surface area contributed by atoms with E-state index in [2.05, 4.69) is 15.6 Å². The Kier molecular flexibility index (Phi) is 6.52. The molecule has 0 atom stereocenters. The summed E-state index contributed by atoms with van der Waals surface area (Å²) in [6.45, 7) is 4.51. The van der Waals surface area contributed by atoms with Crippen LogP contribution in [0.2, 0.25) is 0 Å². The molecule has 10 heteroatoms. The van der Waals surface area contributed by atoms with Gasteiger partial charge in [0, 0.05) is 23.7 Å². The first kappa shape index (κ1) is 22.0. The molecule has 0 radical (unpaired) electrons. The van der Waals surface area contributed by atoms with Crippen molar-refractivity contribution in [2.75, 3.05) is 5.32 Å². The van der Waals surface area contributed by atoms with Crippen LogP contribution in [0.25, 0.3) is 21.6 Å². The summed E-state index contributed by atoms with van der Waals surface area (Å²) in [6.07, 6.45) is 0.831. The first-order valence-electron chi connectivity index (χ1n) is 10.2. The number of aromatic nitrogens is 3. The second-order valence-electron chi connectivity index (χ2n) is 7.27. The maximum absolute atomic E-state index is 12.9.